The Kier molecular flexibility index (Phi) is 6.93. The minimum Gasteiger partial charge on any atom is -0.478 e. The fourth-order valence-electron chi connectivity index (χ4n) is 4.21. The van der Waals surface area contributed by atoms with Crippen LogP contribution in [0.5, 0.6) is 0 Å². The van der Waals surface area contributed by atoms with Crippen LogP contribution in [0.1, 0.15) is 56.7 Å². The predicted molar refractivity (Wildman–Crippen MR) is 134 cm³/mol. The van der Waals surface area contributed by atoms with Gasteiger partial charge in [0.05, 0.1) is 5.56 Å². The number of aromatic carboxylic acids is 1. The minimum absolute atomic E-state index is 0.0137. The van der Waals surface area contributed by atoms with Gasteiger partial charge in [0, 0.05) is 17.8 Å². The molecule has 0 amide bonds. The summed E-state index contributed by atoms with van der Waals surface area (Å²) in [4.78, 5) is 27.2. The summed E-state index contributed by atoms with van der Waals surface area (Å²) >= 11 is 0. The highest BCUT2D eigenvalue weighted by molar-refractivity contribution is 5.88. The summed E-state index contributed by atoms with van der Waals surface area (Å²) in [7, 11) is 0. The lowest BCUT2D eigenvalue weighted by molar-refractivity contribution is 0.0697. The molecule has 0 fully saturated rings. The molecule has 0 aliphatic carbocycles. The zero-order chi connectivity index (χ0) is 24.1. The first-order chi connectivity index (χ1) is 16.4. The third kappa shape index (κ3) is 5.26. The third-order valence-corrected chi connectivity index (χ3v) is 6.15. The summed E-state index contributed by atoms with van der Waals surface area (Å²) in [5.41, 5.74) is 7.33. The molecule has 170 valence electrons. The van der Waals surface area contributed by atoms with E-state index in [2.05, 4.69) is 53.5 Å². The minimum atomic E-state index is -0.939. The van der Waals surface area contributed by atoms with E-state index in [1.807, 2.05) is 43.3 Å². The van der Waals surface area contributed by atoms with Gasteiger partial charge in [0.1, 0.15) is 6.04 Å². The van der Waals surface area contributed by atoms with E-state index in [0.29, 0.717) is 6.42 Å². The van der Waals surface area contributed by atoms with E-state index in [-0.39, 0.29) is 11.5 Å². The Bertz CT molecular complexity index is 1280. The highest BCUT2D eigenvalue weighted by Crippen LogP contribution is 2.36. The van der Waals surface area contributed by atoms with Crippen LogP contribution >= 0.6 is 0 Å². The molecule has 0 bridgehead atoms. The lowest BCUT2D eigenvalue weighted by Gasteiger charge is -2.22. The molecule has 4 rings (SSSR count). The first-order valence-corrected chi connectivity index (χ1v) is 11.2. The van der Waals surface area contributed by atoms with Crippen LogP contribution in [0.15, 0.2) is 96.3 Å². The maximum atomic E-state index is 11.9. The topological polar surface area (TPSA) is 79.6 Å². The second-order valence-electron chi connectivity index (χ2n) is 8.56. The van der Waals surface area contributed by atoms with Gasteiger partial charge in [-0.2, -0.15) is 4.91 Å². The highest BCUT2D eigenvalue weighted by Gasteiger charge is 2.22. The van der Waals surface area contributed by atoms with Crippen molar-refractivity contribution in [2.24, 2.45) is 5.18 Å². The molecular formula is C29H26N2O3. The number of rotatable bonds is 8. The second kappa shape index (κ2) is 10.2. The van der Waals surface area contributed by atoms with Crippen LogP contribution in [0.25, 0.3) is 11.1 Å². The van der Waals surface area contributed by atoms with E-state index in [0.717, 1.165) is 33.5 Å². The van der Waals surface area contributed by atoms with Crippen LogP contribution in [0.3, 0.4) is 0 Å². The molecule has 1 aromatic heterocycles. The van der Waals surface area contributed by atoms with Gasteiger partial charge < -0.3 is 5.11 Å². The smallest absolute Gasteiger partial charge is 0.335 e. The summed E-state index contributed by atoms with van der Waals surface area (Å²) < 4.78 is 0. The van der Waals surface area contributed by atoms with Crippen molar-refractivity contribution in [3.63, 3.8) is 0 Å². The number of hydrogen-bond acceptors (Lipinski definition) is 4. The zero-order valence-corrected chi connectivity index (χ0v) is 19.2. The molecule has 4 aromatic rings. The SMILES string of the molecule is Cc1ccc([C@@H](CC(N=O)c2ccnc(C)c2)c2ccc(-c3ccc(C(=O)O)cc3)cc2)cc1. The quantitative estimate of drug-likeness (QED) is 0.291. The maximum Gasteiger partial charge on any atom is 0.335 e. The Morgan fingerprint density at radius 1 is 0.824 bits per heavy atom. The summed E-state index contributed by atoms with van der Waals surface area (Å²) in [5.74, 6) is -0.953. The van der Waals surface area contributed by atoms with Gasteiger partial charge in [-0.25, -0.2) is 4.79 Å². The van der Waals surface area contributed by atoms with Gasteiger partial charge in [-0.05, 0) is 72.4 Å². The van der Waals surface area contributed by atoms with Crippen molar-refractivity contribution in [1.29, 1.82) is 0 Å². The maximum absolute atomic E-state index is 11.9. The van der Waals surface area contributed by atoms with Gasteiger partial charge in [-0.1, -0.05) is 71.4 Å². The lowest BCUT2D eigenvalue weighted by Crippen LogP contribution is -2.07. The number of aryl methyl sites for hydroxylation is 2. The fourth-order valence-corrected chi connectivity index (χ4v) is 4.21. The first-order valence-electron chi connectivity index (χ1n) is 11.2. The van der Waals surface area contributed by atoms with Crippen molar-refractivity contribution in [2.45, 2.75) is 32.2 Å². The van der Waals surface area contributed by atoms with Gasteiger partial charge in [0.2, 0.25) is 0 Å². The molecule has 0 saturated heterocycles. The number of carbonyl (C=O) groups is 1. The van der Waals surface area contributed by atoms with Crippen LogP contribution in [0.4, 0.5) is 0 Å². The van der Waals surface area contributed by atoms with Crippen molar-refractivity contribution in [3.05, 3.63) is 130 Å². The molecular weight excluding hydrogens is 424 g/mol. The lowest BCUT2D eigenvalue weighted by atomic mass is 9.83. The molecule has 1 unspecified atom stereocenters. The molecule has 1 N–H and O–H groups in total. The molecule has 0 radical (unpaired) electrons. The van der Waals surface area contributed by atoms with Crippen molar-refractivity contribution in [3.8, 4) is 11.1 Å². The van der Waals surface area contributed by atoms with Gasteiger partial charge in [0.25, 0.3) is 0 Å². The van der Waals surface area contributed by atoms with Gasteiger partial charge >= 0.3 is 5.97 Å². The number of aromatic nitrogens is 1. The number of pyridine rings is 1. The number of carboxylic acids is 1. The Balaban J connectivity index is 1.66. The molecule has 0 saturated carbocycles. The normalized spacial score (nSPS) is 12.6. The number of nitroso groups, excluding NO2 is 1. The average Bonchev–Trinajstić information content (AvgIpc) is 2.86. The van der Waals surface area contributed by atoms with E-state index in [1.54, 1.807) is 18.3 Å². The standard InChI is InChI=1S/C29H26N2O3/c1-19-3-5-23(6-4-19)27(18-28(31-34)26-15-16-30-20(2)17-26)24-11-7-21(8-12-24)22-9-13-25(14-10-22)29(32)33/h3-17,27-28H,18H2,1-2H3,(H,32,33)/t27-,28?/m1/s1. The zero-order valence-electron chi connectivity index (χ0n) is 19.2. The van der Waals surface area contributed by atoms with E-state index < -0.39 is 12.0 Å². The van der Waals surface area contributed by atoms with Crippen LogP contribution in [0.2, 0.25) is 0 Å². The van der Waals surface area contributed by atoms with Crippen molar-refractivity contribution in [2.75, 3.05) is 0 Å². The monoisotopic (exact) mass is 450 g/mol. The Labute approximate surface area is 199 Å². The first kappa shape index (κ1) is 23.1. The van der Waals surface area contributed by atoms with Gasteiger partial charge in [0.15, 0.2) is 0 Å². The van der Waals surface area contributed by atoms with E-state index in [1.165, 1.54) is 5.56 Å². The van der Waals surface area contributed by atoms with Crippen LogP contribution in [-0.4, -0.2) is 16.1 Å². The summed E-state index contributed by atoms with van der Waals surface area (Å²) in [6, 6.07) is 26.7. The largest absolute Gasteiger partial charge is 0.478 e. The molecule has 5 heteroatoms. The number of carboxylic acid groups (broad SMARTS) is 1. The molecule has 2 atom stereocenters. The summed E-state index contributed by atoms with van der Waals surface area (Å²) in [5, 5.41) is 12.6. The number of nitrogens with zero attached hydrogens (tertiary/aromatic N) is 2. The Morgan fingerprint density at radius 3 is 1.91 bits per heavy atom. The molecule has 0 aliphatic rings. The molecule has 3 aromatic carbocycles. The fraction of sp³-hybridized carbons (Fsp3) is 0.172. The Morgan fingerprint density at radius 2 is 1.38 bits per heavy atom. The van der Waals surface area contributed by atoms with Gasteiger partial charge in [-0.3, -0.25) is 4.98 Å². The van der Waals surface area contributed by atoms with Gasteiger partial charge in [-0.15, -0.1) is 0 Å². The second-order valence-corrected chi connectivity index (χ2v) is 8.56. The van der Waals surface area contributed by atoms with Crippen LogP contribution in [-0.2, 0) is 0 Å². The average molecular weight is 451 g/mol. The highest BCUT2D eigenvalue weighted by atomic mass is 16.4. The van der Waals surface area contributed by atoms with E-state index in [4.69, 9.17) is 5.11 Å². The molecule has 0 aliphatic heterocycles. The molecule has 5 nitrogen and oxygen atoms in total. The van der Waals surface area contributed by atoms with Crippen LogP contribution < -0.4 is 0 Å². The summed E-state index contributed by atoms with van der Waals surface area (Å²) in [6.45, 7) is 3.96. The van der Waals surface area contributed by atoms with E-state index in [9.17, 15) is 9.70 Å². The number of benzene rings is 3. The predicted octanol–water partition coefficient (Wildman–Crippen LogP) is 7.09. The van der Waals surface area contributed by atoms with Crippen molar-refractivity contribution < 1.29 is 9.90 Å². The van der Waals surface area contributed by atoms with Crippen molar-refractivity contribution >= 4 is 5.97 Å². The molecule has 0 spiro atoms. The third-order valence-electron chi connectivity index (χ3n) is 6.15. The number of hydrogen-bond donors (Lipinski definition) is 1. The Hall–Kier alpha value is -4.12. The summed E-state index contributed by atoms with van der Waals surface area (Å²) in [6.07, 6.45) is 2.26. The van der Waals surface area contributed by atoms with Crippen molar-refractivity contribution in [1.82, 2.24) is 4.98 Å². The molecule has 34 heavy (non-hydrogen) atoms. The molecule has 1 heterocycles. The van der Waals surface area contributed by atoms with E-state index >= 15 is 0 Å². The van der Waals surface area contributed by atoms with Crippen LogP contribution in [0, 0.1) is 18.8 Å².